The zero-order valence-corrected chi connectivity index (χ0v) is 25.8. The summed E-state index contributed by atoms with van der Waals surface area (Å²) in [7, 11) is 1.43. The average Bonchev–Trinajstić information content (AvgIpc) is 3.76. The highest BCUT2D eigenvalue weighted by molar-refractivity contribution is 7.21. The summed E-state index contributed by atoms with van der Waals surface area (Å²) < 4.78 is 28.5. The lowest BCUT2D eigenvalue weighted by Crippen LogP contribution is -2.56. The van der Waals surface area contributed by atoms with E-state index in [1.54, 1.807) is 25.7 Å². The minimum absolute atomic E-state index is 0.0185. The molecule has 0 bridgehead atoms. The fourth-order valence-corrected chi connectivity index (χ4v) is 6.49. The van der Waals surface area contributed by atoms with Gasteiger partial charge in [-0.25, -0.2) is 13.8 Å². The number of allylic oxidation sites excluding steroid dienone is 1. The molecule has 1 amide bonds. The number of hydrogen-bond acceptors (Lipinski definition) is 9. The van der Waals surface area contributed by atoms with E-state index in [9.17, 15) is 23.9 Å². The van der Waals surface area contributed by atoms with Crippen molar-refractivity contribution >= 4 is 27.5 Å². The number of rotatable bonds is 10. The van der Waals surface area contributed by atoms with Gasteiger partial charge in [0.05, 0.1) is 43.8 Å². The summed E-state index contributed by atoms with van der Waals surface area (Å²) in [4.78, 5) is 45.6. The molecule has 4 heterocycles. The Labute approximate surface area is 255 Å². The number of carbonyl (C=O) groups is 1. The van der Waals surface area contributed by atoms with Crippen molar-refractivity contribution in [2.45, 2.75) is 45.9 Å². The van der Waals surface area contributed by atoms with Gasteiger partial charge in [0.1, 0.15) is 33.0 Å². The molecule has 12 nitrogen and oxygen atoms in total. The molecule has 1 N–H and O–H groups in total. The van der Waals surface area contributed by atoms with Gasteiger partial charge in [-0.05, 0) is 52.0 Å². The zero-order chi connectivity index (χ0) is 31.8. The van der Waals surface area contributed by atoms with Crippen LogP contribution in [-0.4, -0.2) is 66.8 Å². The predicted molar refractivity (Wildman–Crippen MR) is 163 cm³/mol. The van der Waals surface area contributed by atoms with Gasteiger partial charge < -0.3 is 19.5 Å². The summed E-state index contributed by atoms with van der Waals surface area (Å²) in [6.07, 6.45) is 7.15. The van der Waals surface area contributed by atoms with Crippen LogP contribution in [0, 0.1) is 12.7 Å². The van der Waals surface area contributed by atoms with Gasteiger partial charge in [0.2, 0.25) is 5.91 Å². The fraction of sp³-hybridized carbons (Fsp3) is 0.367. The Morgan fingerprint density at radius 2 is 1.89 bits per heavy atom. The lowest BCUT2D eigenvalue weighted by Gasteiger charge is -2.31. The maximum absolute atomic E-state index is 14.5. The molecule has 0 unspecified atom stereocenters. The number of nitrogens with zero attached hydrogens (tertiary/aromatic N) is 6. The molecule has 14 heteroatoms. The van der Waals surface area contributed by atoms with E-state index < -0.39 is 34.6 Å². The fourth-order valence-electron chi connectivity index (χ4n) is 5.27. The first-order valence-corrected chi connectivity index (χ1v) is 14.7. The molecular formula is C30H33FN6O6S. The minimum atomic E-state index is -1.56. The van der Waals surface area contributed by atoms with E-state index in [2.05, 4.69) is 10.2 Å². The minimum Gasteiger partial charge on any atom is -0.513 e. The first kappa shape index (κ1) is 30.9. The molecule has 0 aliphatic carbocycles. The van der Waals surface area contributed by atoms with Crippen LogP contribution in [0.4, 0.5) is 4.39 Å². The molecule has 1 aliphatic rings. The SMILES string of the molecule is COc1ccc(F)cc1[C@H](Cn1c(=O)n(C(C)(C)C(=O)N2CC=CC2)c(=O)c2c(C)c(-n3nccn3)sc21)OCC=C(C)O. The predicted octanol–water partition coefficient (Wildman–Crippen LogP) is 3.61. The van der Waals surface area contributed by atoms with Gasteiger partial charge in [0, 0.05) is 24.2 Å². The van der Waals surface area contributed by atoms with E-state index in [-0.39, 0.29) is 24.3 Å². The van der Waals surface area contributed by atoms with Crippen molar-refractivity contribution in [3.63, 3.8) is 0 Å². The first-order chi connectivity index (χ1) is 20.9. The van der Waals surface area contributed by atoms with Gasteiger partial charge in [-0.1, -0.05) is 23.5 Å². The third-order valence-corrected chi connectivity index (χ3v) is 8.82. The number of hydrogen-bond donors (Lipinski definition) is 1. The second-order valence-electron chi connectivity index (χ2n) is 10.9. The molecule has 0 saturated carbocycles. The van der Waals surface area contributed by atoms with Crippen LogP contribution in [0.2, 0.25) is 0 Å². The highest BCUT2D eigenvalue weighted by Gasteiger charge is 2.39. The van der Waals surface area contributed by atoms with E-state index in [0.29, 0.717) is 39.8 Å². The van der Waals surface area contributed by atoms with Crippen molar-refractivity contribution in [1.29, 1.82) is 0 Å². The van der Waals surface area contributed by atoms with Crippen molar-refractivity contribution in [1.82, 2.24) is 29.0 Å². The van der Waals surface area contributed by atoms with Crippen molar-refractivity contribution in [3.05, 3.63) is 92.4 Å². The van der Waals surface area contributed by atoms with Crippen LogP contribution in [0.5, 0.6) is 5.75 Å². The monoisotopic (exact) mass is 624 g/mol. The molecule has 1 aromatic carbocycles. The van der Waals surface area contributed by atoms with E-state index in [1.165, 1.54) is 60.1 Å². The molecular weight excluding hydrogens is 591 g/mol. The molecule has 4 aromatic rings. The number of carbonyl (C=O) groups excluding carboxylic acids is 1. The normalized spacial score (nSPS) is 14.5. The molecule has 0 saturated heterocycles. The molecule has 5 rings (SSSR count). The van der Waals surface area contributed by atoms with Crippen LogP contribution in [0.25, 0.3) is 15.2 Å². The largest absolute Gasteiger partial charge is 0.513 e. The lowest BCUT2D eigenvalue weighted by atomic mass is 10.0. The van der Waals surface area contributed by atoms with E-state index >= 15 is 0 Å². The molecule has 1 atom stereocenters. The molecule has 0 radical (unpaired) electrons. The number of aliphatic hydroxyl groups is 1. The zero-order valence-electron chi connectivity index (χ0n) is 25.0. The molecule has 0 spiro atoms. The van der Waals surface area contributed by atoms with Gasteiger partial charge >= 0.3 is 5.69 Å². The molecule has 232 valence electrons. The van der Waals surface area contributed by atoms with Gasteiger partial charge in [-0.15, -0.1) is 4.80 Å². The summed E-state index contributed by atoms with van der Waals surface area (Å²) in [5.74, 6) is -0.599. The number of thiophene rings is 1. The highest BCUT2D eigenvalue weighted by atomic mass is 32.1. The summed E-state index contributed by atoms with van der Waals surface area (Å²) in [6, 6.07) is 3.95. The number of ether oxygens (including phenoxy) is 2. The smallest absolute Gasteiger partial charge is 0.333 e. The Kier molecular flexibility index (Phi) is 8.57. The second kappa shape index (κ2) is 12.2. The molecule has 3 aromatic heterocycles. The maximum Gasteiger partial charge on any atom is 0.333 e. The van der Waals surface area contributed by atoms with E-state index in [1.807, 2.05) is 12.2 Å². The standard InChI is InChI=1S/C30H33FN6O6S/c1-18(38)10-15-43-23(21-16-20(31)8-9-22(21)42-5)17-35-27-24(19(2)26(44-27)37-32-11-12-33-37)25(39)36(29(35)41)30(3,4)28(40)34-13-6-7-14-34/h6-12,16,23,38H,13-15,17H2,1-5H3/t23-/m0/s1. The third kappa shape index (κ3) is 5.57. The molecule has 0 fully saturated rings. The number of fused-ring (bicyclic) bond motifs is 1. The van der Waals surface area contributed by atoms with Crippen LogP contribution in [-0.2, 0) is 21.6 Å². The Hall–Kier alpha value is -4.56. The van der Waals surface area contributed by atoms with Crippen LogP contribution in [0.3, 0.4) is 0 Å². The van der Waals surface area contributed by atoms with Crippen molar-refractivity contribution in [2.24, 2.45) is 0 Å². The van der Waals surface area contributed by atoms with Gasteiger partial charge in [-0.3, -0.25) is 14.2 Å². The Balaban J connectivity index is 1.76. The van der Waals surface area contributed by atoms with Crippen LogP contribution >= 0.6 is 11.3 Å². The summed E-state index contributed by atoms with van der Waals surface area (Å²) >= 11 is 1.14. The number of benzene rings is 1. The summed E-state index contributed by atoms with van der Waals surface area (Å²) in [5, 5.41) is 18.9. The van der Waals surface area contributed by atoms with Crippen molar-refractivity contribution < 1.29 is 23.8 Å². The van der Waals surface area contributed by atoms with Crippen molar-refractivity contribution in [2.75, 3.05) is 26.8 Å². The van der Waals surface area contributed by atoms with Gasteiger partial charge in [0.25, 0.3) is 5.56 Å². The Morgan fingerprint density at radius 1 is 1.20 bits per heavy atom. The van der Waals surface area contributed by atoms with Crippen LogP contribution in [0.15, 0.2) is 64.2 Å². The van der Waals surface area contributed by atoms with E-state index in [0.717, 1.165) is 15.9 Å². The lowest BCUT2D eigenvalue weighted by molar-refractivity contribution is -0.138. The topological polar surface area (TPSA) is 134 Å². The molecule has 44 heavy (non-hydrogen) atoms. The number of aliphatic hydroxyl groups excluding tert-OH is 1. The number of halogens is 1. The summed E-state index contributed by atoms with van der Waals surface area (Å²) in [6.45, 7) is 6.79. The van der Waals surface area contributed by atoms with Gasteiger partial charge in [-0.2, -0.15) is 10.2 Å². The maximum atomic E-state index is 14.5. The highest BCUT2D eigenvalue weighted by Crippen LogP contribution is 2.34. The Bertz CT molecular complexity index is 1880. The number of aryl methyl sites for hydroxylation is 1. The molecule has 1 aliphatic heterocycles. The number of methoxy groups -OCH3 is 1. The first-order valence-electron chi connectivity index (χ1n) is 13.9. The Morgan fingerprint density at radius 3 is 2.52 bits per heavy atom. The van der Waals surface area contributed by atoms with Gasteiger partial charge in [0.15, 0.2) is 0 Å². The third-order valence-electron chi connectivity index (χ3n) is 7.54. The van der Waals surface area contributed by atoms with Crippen LogP contribution < -0.4 is 16.0 Å². The number of aromatic nitrogens is 5. The quantitative estimate of drug-likeness (QED) is 0.209. The average molecular weight is 625 g/mol. The number of amides is 1. The summed E-state index contributed by atoms with van der Waals surface area (Å²) in [5.41, 5.74) is -2.08. The second-order valence-corrected chi connectivity index (χ2v) is 11.8. The van der Waals surface area contributed by atoms with Crippen molar-refractivity contribution in [3.8, 4) is 10.8 Å². The van der Waals surface area contributed by atoms with E-state index in [4.69, 9.17) is 9.47 Å². The van der Waals surface area contributed by atoms with Crippen LogP contribution in [0.1, 0.15) is 38.0 Å².